The monoisotopic (exact) mass is 412 g/mol. The van der Waals surface area contributed by atoms with Gasteiger partial charge in [-0.25, -0.2) is 8.78 Å². The number of nitriles is 1. The van der Waals surface area contributed by atoms with Crippen LogP contribution in [-0.4, -0.2) is 13.6 Å². The van der Waals surface area contributed by atoms with Crippen LogP contribution in [0.25, 0.3) is 11.3 Å². The summed E-state index contributed by atoms with van der Waals surface area (Å²) in [5.41, 5.74) is 2.10. The van der Waals surface area contributed by atoms with Gasteiger partial charge in [0, 0.05) is 50.7 Å². The first-order valence-electron chi connectivity index (χ1n) is 11.1. The first-order valence-corrected chi connectivity index (χ1v) is 11.1. The summed E-state index contributed by atoms with van der Waals surface area (Å²) in [4.78, 5) is 2.19. The fourth-order valence-corrected chi connectivity index (χ4v) is 4.74. The molecular weight excluding hydrogens is 380 g/mol. The molecule has 1 aliphatic rings. The number of aromatic nitrogens is 1. The summed E-state index contributed by atoms with van der Waals surface area (Å²) in [6, 6.07) is 7.18. The first-order chi connectivity index (χ1) is 14.4. The van der Waals surface area contributed by atoms with Gasteiger partial charge in [0.2, 0.25) is 5.69 Å². The Morgan fingerprint density at radius 3 is 2.53 bits per heavy atom. The maximum Gasteiger partial charge on any atom is 0.218 e. The standard InChI is InChI=1S/C25H32F2N3/c1-5-8-9-13-29(4)19-11-14-30-22(16-19)23-18(10-12-25(30,6-2)7-3)15-21(26)20(17-28)24(23)27/h11,14-16H,5-10,12-13H2,1-4H3/q+1. The molecular formula is C25H32F2N3+. The summed E-state index contributed by atoms with van der Waals surface area (Å²) in [6.45, 7) is 7.41. The van der Waals surface area contributed by atoms with Crippen LogP contribution in [-0.2, 0) is 12.0 Å². The van der Waals surface area contributed by atoms with E-state index in [9.17, 15) is 9.65 Å². The van der Waals surface area contributed by atoms with Crippen molar-refractivity contribution in [2.24, 2.45) is 0 Å². The third kappa shape index (κ3) is 3.80. The Morgan fingerprint density at radius 1 is 1.17 bits per heavy atom. The van der Waals surface area contributed by atoms with Gasteiger partial charge in [0.05, 0.1) is 5.56 Å². The quantitative estimate of drug-likeness (QED) is 0.420. The highest BCUT2D eigenvalue weighted by Gasteiger charge is 2.42. The minimum absolute atomic E-state index is 0.163. The van der Waals surface area contributed by atoms with Gasteiger partial charge in [0.25, 0.3) is 0 Å². The van der Waals surface area contributed by atoms with Crippen molar-refractivity contribution in [3.05, 3.63) is 47.2 Å². The molecule has 0 aliphatic carbocycles. The Balaban J connectivity index is 2.23. The van der Waals surface area contributed by atoms with Crippen LogP contribution < -0.4 is 9.47 Å². The number of hydrogen-bond acceptors (Lipinski definition) is 2. The van der Waals surface area contributed by atoms with Gasteiger partial charge in [-0.15, -0.1) is 0 Å². The number of pyridine rings is 1. The van der Waals surface area contributed by atoms with Gasteiger partial charge in [-0.05, 0) is 24.5 Å². The third-order valence-corrected chi connectivity index (χ3v) is 6.83. The molecule has 160 valence electrons. The summed E-state index contributed by atoms with van der Waals surface area (Å²) in [7, 11) is 2.05. The molecule has 0 unspecified atom stereocenters. The van der Waals surface area contributed by atoms with Gasteiger partial charge in [0.1, 0.15) is 17.4 Å². The number of rotatable bonds is 7. The van der Waals surface area contributed by atoms with Crippen molar-refractivity contribution in [3.63, 3.8) is 0 Å². The summed E-state index contributed by atoms with van der Waals surface area (Å²) < 4.78 is 32.0. The van der Waals surface area contributed by atoms with Crippen LogP contribution in [0.4, 0.5) is 14.5 Å². The fourth-order valence-electron chi connectivity index (χ4n) is 4.74. The van der Waals surface area contributed by atoms with Crippen LogP contribution in [0.5, 0.6) is 0 Å². The van der Waals surface area contributed by atoms with Crippen LogP contribution in [0.15, 0.2) is 24.4 Å². The van der Waals surface area contributed by atoms with Crippen LogP contribution in [0.2, 0.25) is 0 Å². The Bertz CT molecular complexity index is 958. The molecule has 30 heavy (non-hydrogen) atoms. The lowest BCUT2D eigenvalue weighted by Gasteiger charge is -2.27. The number of fused-ring (bicyclic) bond motifs is 3. The second-order valence-corrected chi connectivity index (χ2v) is 8.39. The van der Waals surface area contributed by atoms with Gasteiger partial charge in [-0.3, -0.25) is 0 Å². The molecule has 2 aromatic rings. The highest BCUT2D eigenvalue weighted by molar-refractivity contribution is 5.69. The van der Waals surface area contributed by atoms with Gasteiger partial charge in [0.15, 0.2) is 17.6 Å². The minimum atomic E-state index is -0.770. The summed E-state index contributed by atoms with van der Waals surface area (Å²) in [5, 5.41) is 9.33. The number of aryl methyl sites for hydroxylation is 1. The molecule has 0 saturated heterocycles. The van der Waals surface area contributed by atoms with E-state index in [1.54, 1.807) is 6.07 Å². The van der Waals surface area contributed by atoms with Gasteiger partial charge in [-0.1, -0.05) is 33.6 Å². The van der Waals surface area contributed by atoms with Crippen molar-refractivity contribution in [1.82, 2.24) is 0 Å². The highest BCUT2D eigenvalue weighted by Crippen LogP contribution is 2.38. The highest BCUT2D eigenvalue weighted by atomic mass is 19.1. The molecule has 2 heterocycles. The molecule has 1 aromatic carbocycles. The van der Waals surface area contributed by atoms with Crippen LogP contribution in [0.3, 0.4) is 0 Å². The van der Waals surface area contributed by atoms with Crippen molar-refractivity contribution >= 4 is 5.69 Å². The normalized spacial score (nSPS) is 14.4. The Morgan fingerprint density at radius 2 is 1.90 bits per heavy atom. The SMILES string of the molecule is CCCCCN(C)c1cc[n+]2c(c1)-c1c(cc(F)c(C#N)c1F)CCC2(CC)CC. The zero-order chi connectivity index (χ0) is 21.9. The van der Waals surface area contributed by atoms with Gasteiger partial charge in [-0.2, -0.15) is 9.83 Å². The van der Waals surface area contributed by atoms with E-state index in [4.69, 9.17) is 0 Å². The number of nitrogens with zero attached hydrogens (tertiary/aromatic N) is 3. The molecule has 5 heteroatoms. The lowest BCUT2D eigenvalue weighted by atomic mass is 9.86. The van der Waals surface area contributed by atoms with E-state index >= 15 is 4.39 Å². The maximum atomic E-state index is 15.4. The number of benzene rings is 1. The maximum absolute atomic E-state index is 15.4. The molecule has 1 aromatic heterocycles. The molecule has 0 N–H and O–H groups in total. The zero-order valence-electron chi connectivity index (χ0n) is 18.6. The molecule has 0 fully saturated rings. The van der Waals surface area contributed by atoms with Crippen LogP contribution >= 0.6 is 0 Å². The summed E-state index contributed by atoms with van der Waals surface area (Å²) in [6.07, 6.45) is 8.66. The fraction of sp³-hybridized carbons (Fsp3) is 0.520. The molecule has 0 radical (unpaired) electrons. The van der Waals surface area contributed by atoms with Crippen molar-refractivity contribution in [2.75, 3.05) is 18.5 Å². The van der Waals surface area contributed by atoms with E-state index < -0.39 is 17.2 Å². The molecule has 0 saturated carbocycles. The predicted octanol–water partition coefficient (Wildman–Crippen LogP) is 5.88. The number of halogens is 2. The molecule has 0 atom stereocenters. The topological polar surface area (TPSA) is 30.9 Å². The smallest absolute Gasteiger partial charge is 0.218 e. The Labute approximate surface area is 179 Å². The molecule has 0 spiro atoms. The molecule has 0 bridgehead atoms. The van der Waals surface area contributed by atoms with Crippen molar-refractivity contribution in [2.45, 2.75) is 71.3 Å². The van der Waals surface area contributed by atoms with Crippen LogP contribution in [0, 0.1) is 23.0 Å². The molecule has 0 amide bonds. The predicted molar refractivity (Wildman–Crippen MR) is 116 cm³/mol. The van der Waals surface area contributed by atoms with E-state index in [1.807, 2.05) is 13.1 Å². The van der Waals surface area contributed by atoms with Crippen molar-refractivity contribution in [3.8, 4) is 17.3 Å². The van der Waals surface area contributed by atoms with Gasteiger partial charge < -0.3 is 4.90 Å². The zero-order valence-corrected chi connectivity index (χ0v) is 18.6. The average Bonchev–Trinajstić information content (AvgIpc) is 2.88. The van der Waals surface area contributed by atoms with Gasteiger partial charge >= 0.3 is 0 Å². The van der Waals surface area contributed by atoms with E-state index in [0.29, 0.717) is 17.5 Å². The summed E-state index contributed by atoms with van der Waals surface area (Å²) in [5.74, 6) is -1.51. The number of hydrogen-bond donors (Lipinski definition) is 0. The van der Waals surface area contributed by atoms with E-state index in [2.05, 4.69) is 42.5 Å². The first kappa shape index (κ1) is 22.2. The van der Waals surface area contributed by atoms with Crippen molar-refractivity contribution in [1.29, 1.82) is 5.26 Å². The molecule has 3 nitrogen and oxygen atoms in total. The number of unbranched alkanes of at least 4 members (excludes halogenated alkanes) is 2. The Kier molecular flexibility index (Phi) is 6.75. The van der Waals surface area contributed by atoms with E-state index in [1.165, 1.54) is 12.5 Å². The summed E-state index contributed by atoms with van der Waals surface area (Å²) >= 11 is 0. The third-order valence-electron chi connectivity index (χ3n) is 6.83. The Hall–Kier alpha value is -2.48. The van der Waals surface area contributed by atoms with E-state index in [0.717, 1.165) is 50.0 Å². The van der Waals surface area contributed by atoms with E-state index in [-0.39, 0.29) is 5.54 Å². The lowest BCUT2D eigenvalue weighted by molar-refractivity contribution is -0.757. The number of anilines is 1. The lowest BCUT2D eigenvalue weighted by Crippen LogP contribution is -2.56. The van der Waals surface area contributed by atoms with Crippen molar-refractivity contribution < 1.29 is 13.3 Å². The molecule has 3 rings (SSSR count). The average molecular weight is 413 g/mol. The second-order valence-electron chi connectivity index (χ2n) is 8.39. The molecule has 1 aliphatic heterocycles. The second kappa shape index (κ2) is 9.12. The minimum Gasteiger partial charge on any atom is -0.374 e. The van der Waals surface area contributed by atoms with Crippen LogP contribution in [0.1, 0.15) is 70.4 Å². The largest absolute Gasteiger partial charge is 0.374 e.